The topological polar surface area (TPSA) is 36.5 Å². The molecule has 0 amide bonds. The first-order valence-electron chi connectivity index (χ1n) is 8.56. The molecule has 2 aromatic carbocycles. The van der Waals surface area contributed by atoms with E-state index in [4.69, 9.17) is 17.0 Å². The molecule has 0 radical (unpaired) electrons. The highest BCUT2D eigenvalue weighted by atomic mass is 32.1. The minimum Gasteiger partial charge on any atom is -0.494 e. The molecule has 0 aliphatic carbocycles. The van der Waals surface area contributed by atoms with Crippen LogP contribution < -0.4 is 15.4 Å². The van der Waals surface area contributed by atoms with Gasteiger partial charge in [0.15, 0.2) is 5.11 Å². The lowest BCUT2D eigenvalue weighted by molar-refractivity contribution is 0.291. The Hall–Kier alpha value is -2.11. The fourth-order valence-corrected chi connectivity index (χ4v) is 2.71. The third-order valence-electron chi connectivity index (χ3n) is 3.97. The summed E-state index contributed by atoms with van der Waals surface area (Å²) < 4.78 is 5.45. The molecule has 0 saturated heterocycles. The molecule has 134 valence electrons. The average molecular weight is 358 g/mol. The second-order valence-corrected chi connectivity index (χ2v) is 6.51. The summed E-state index contributed by atoms with van der Waals surface area (Å²) in [7, 11) is 4.19. The number of hydrogen-bond acceptors (Lipinski definition) is 3. The van der Waals surface area contributed by atoms with E-state index in [2.05, 4.69) is 53.9 Å². The predicted molar refractivity (Wildman–Crippen MR) is 109 cm³/mol. The van der Waals surface area contributed by atoms with Crippen LogP contribution in [0.2, 0.25) is 0 Å². The van der Waals surface area contributed by atoms with Crippen LogP contribution in [0.3, 0.4) is 0 Å². The number of hydrogen-bond donors (Lipinski definition) is 2. The molecule has 0 saturated carbocycles. The van der Waals surface area contributed by atoms with Gasteiger partial charge >= 0.3 is 0 Å². The highest BCUT2D eigenvalue weighted by molar-refractivity contribution is 7.80. The Morgan fingerprint density at radius 1 is 1.08 bits per heavy atom. The van der Waals surface area contributed by atoms with Gasteiger partial charge in [-0.2, -0.15) is 0 Å². The summed E-state index contributed by atoms with van der Waals surface area (Å²) in [6, 6.07) is 18.7. The summed E-state index contributed by atoms with van der Waals surface area (Å²) in [5.74, 6) is 0.863. The molecule has 0 aromatic heterocycles. The average Bonchev–Trinajstić information content (AvgIpc) is 2.61. The number of nitrogens with zero attached hydrogens (tertiary/aromatic N) is 1. The number of benzene rings is 2. The van der Waals surface area contributed by atoms with Crippen molar-refractivity contribution in [2.24, 2.45) is 0 Å². The lowest BCUT2D eigenvalue weighted by atomic mass is 10.1. The molecule has 0 aliphatic rings. The molecular formula is C20H27N3OS. The van der Waals surface area contributed by atoms with Crippen molar-refractivity contribution in [3.05, 3.63) is 60.2 Å². The van der Waals surface area contributed by atoms with Crippen molar-refractivity contribution < 1.29 is 4.74 Å². The fraction of sp³-hybridized carbons (Fsp3) is 0.350. The van der Waals surface area contributed by atoms with Crippen LogP contribution in [0.25, 0.3) is 0 Å². The van der Waals surface area contributed by atoms with E-state index in [0.717, 1.165) is 24.4 Å². The normalized spacial score (nSPS) is 11.8. The molecule has 0 fully saturated rings. The number of anilines is 1. The summed E-state index contributed by atoms with van der Waals surface area (Å²) in [5, 5.41) is 7.16. The van der Waals surface area contributed by atoms with E-state index in [1.165, 1.54) is 5.56 Å². The molecule has 25 heavy (non-hydrogen) atoms. The Kier molecular flexibility index (Phi) is 7.70. The van der Waals surface area contributed by atoms with E-state index >= 15 is 0 Å². The summed E-state index contributed by atoms with van der Waals surface area (Å²) in [6.45, 7) is 3.42. The lowest BCUT2D eigenvalue weighted by Gasteiger charge is -2.25. The fourth-order valence-electron chi connectivity index (χ4n) is 2.51. The van der Waals surface area contributed by atoms with Crippen molar-refractivity contribution in [1.29, 1.82) is 0 Å². The van der Waals surface area contributed by atoms with Gasteiger partial charge in [-0.05, 0) is 69.5 Å². The van der Waals surface area contributed by atoms with Crippen LogP contribution in [0.1, 0.15) is 12.5 Å². The number of nitrogens with one attached hydrogen (secondary N) is 2. The van der Waals surface area contributed by atoms with Gasteiger partial charge in [-0.3, -0.25) is 0 Å². The Labute approximate surface area is 156 Å². The van der Waals surface area contributed by atoms with Crippen molar-refractivity contribution in [1.82, 2.24) is 10.2 Å². The van der Waals surface area contributed by atoms with E-state index in [9.17, 15) is 0 Å². The van der Waals surface area contributed by atoms with Crippen LogP contribution in [0.5, 0.6) is 5.75 Å². The van der Waals surface area contributed by atoms with Gasteiger partial charge in [0.2, 0.25) is 0 Å². The monoisotopic (exact) mass is 357 g/mol. The number of ether oxygens (including phenoxy) is 1. The number of likely N-dealkylation sites (N-methyl/N-ethyl adjacent to an activating group) is 1. The molecular weight excluding hydrogens is 330 g/mol. The standard InChI is InChI=1S/C20H27N3OS/c1-4-24-19-12-10-17(11-13-19)22-20(25)21-15-18(23(2)3)14-16-8-6-5-7-9-16/h5-13,18H,4,14-15H2,1-3H3,(H2,21,22,25)/t18-/m0/s1. The van der Waals surface area contributed by atoms with Crippen molar-refractivity contribution in [3.63, 3.8) is 0 Å². The second kappa shape index (κ2) is 10.0. The highest BCUT2D eigenvalue weighted by Crippen LogP contribution is 2.15. The number of rotatable bonds is 8. The predicted octanol–water partition coefficient (Wildman–Crippen LogP) is 3.54. The van der Waals surface area contributed by atoms with E-state index in [0.29, 0.717) is 17.8 Å². The zero-order valence-corrected chi connectivity index (χ0v) is 16.0. The molecule has 0 spiro atoms. The maximum atomic E-state index is 5.45. The van der Waals surface area contributed by atoms with Crippen molar-refractivity contribution in [2.45, 2.75) is 19.4 Å². The summed E-state index contributed by atoms with van der Waals surface area (Å²) in [4.78, 5) is 2.22. The van der Waals surface area contributed by atoms with Crippen molar-refractivity contribution in [3.8, 4) is 5.75 Å². The molecule has 5 heteroatoms. The molecule has 2 rings (SSSR count). The SMILES string of the molecule is CCOc1ccc(NC(=S)NC[C@H](Cc2ccccc2)N(C)C)cc1. The Morgan fingerprint density at radius 2 is 1.76 bits per heavy atom. The maximum Gasteiger partial charge on any atom is 0.170 e. The molecule has 2 aromatic rings. The van der Waals surface area contributed by atoms with Gasteiger partial charge in [0.1, 0.15) is 5.75 Å². The Morgan fingerprint density at radius 3 is 2.36 bits per heavy atom. The van der Waals surface area contributed by atoms with Gasteiger partial charge in [0.05, 0.1) is 6.61 Å². The second-order valence-electron chi connectivity index (χ2n) is 6.10. The largest absolute Gasteiger partial charge is 0.494 e. The van der Waals surface area contributed by atoms with E-state index in [1.54, 1.807) is 0 Å². The van der Waals surface area contributed by atoms with Gasteiger partial charge in [0.25, 0.3) is 0 Å². The first kappa shape index (κ1) is 19.2. The molecule has 2 N–H and O–H groups in total. The lowest BCUT2D eigenvalue weighted by Crippen LogP contribution is -2.42. The molecule has 4 nitrogen and oxygen atoms in total. The molecule has 0 unspecified atom stereocenters. The van der Waals surface area contributed by atoms with Crippen LogP contribution in [0, 0.1) is 0 Å². The third-order valence-corrected chi connectivity index (χ3v) is 4.21. The quantitative estimate of drug-likeness (QED) is 0.707. The summed E-state index contributed by atoms with van der Waals surface area (Å²) >= 11 is 5.42. The van der Waals surface area contributed by atoms with Crippen LogP contribution in [0.15, 0.2) is 54.6 Å². The molecule has 0 bridgehead atoms. The van der Waals surface area contributed by atoms with Gasteiger partial charge in [-0.1, -0.05) is 30.3 Å². The van der Waals surface area contributed by atoms with Crippen LogP contribution in [-0.2, 0) is 6.42 Å². The minimum atomic E-state index is 0.363. The summed E-state index contributed by atoms with van der Waals surface area (Å²) in [6.07, 6.45) is 0.979. The van der Waals surface area contributed by atoms with E-state index in [1.807, 2.05) is 37.3 Å². The number of thiocarbonyl (C=S) groups is 1. The third kappa shape index (κ3) is 6.72. The molecule has 0 heterocycles. The minimum absolute atomic E-state index is 0.363. The van der Waals surface area contributed by atoms with E-state index < -0.39 is 0 Å². The zero-order valence-electron chi connectivity index (χ0n) is 15.2. The maximum absolute atomic E-state index is 5.45. The van der Waals surface area contributed by atoms with Gasteiger partial charge in [-0.15, -0.1) is 0 Å². The molecule has 0 aliphatic heterocycles. The van der Waals surface area contributed by atoms with Gasteiger partial charge in [-0.25, -0.2) is 0 Å². The zero-order chi connectivity index (χ0) is 18.1. The van der Waals surface area contributed by atoms with Crippen molar-refractivity contribution in [2.75, 3.05) is 32.6 Å². The highest BCUT2D eigenvalue weighted by Gasteiger charge is 2.12. The van der Waals surface area contributed by atoms with E-state index in [-0.39, 0.29) is 0 Å². The smallest absolute Gasteiger partial charge is 0.170 e. The Bertz CT molecular complexity index is 644. The van der Waals surface area contributed by atoms with Crippen LogP contribution in [0.4, 0.5) is 5.69 Å². The van der Waals surface area contributed by atoms with Gasteiger partial charge < -0.3 is 20.3 Å². The first-order chi connectivity index (χ1) is 12.1. The van der Waals surface area contributed by atoms with Crippen LogP contribution >= 0.6 is 12.2 Å². The Balaban J connectivity index is 1.84. The van der Waals surface area contributed by atoms with Gasteiger partial charge in [0, 0.05) is 18.3 Å². The van der Waals surface area contributed by atoms with Crippen LogP contribution in [-0.4, -0.2) is 43.3 Å². The summed E-state index contributed by atoms with van der Waals surface area (Å²) in [5.41, 5.74) is 2.28. The molecule has 1 atom stereocenters. The van der Waals surface area contributed by atoms with Crippen molar-refractivity contribution >= 4 is 23.0 Å². The first-order valence-corrected chi connectivity index (χ1v) is 8.97.